The van der Waals surface area contributed by atoms with E-state index in [0.29, 0.717) is 18.8 Å². The first-order chi connectivity index (χ1) is 14.8. The Bertz CT molecular complexity index is 1260. The van der Waals surface area contributed by atoms with Crippen molar-refractivity contribution in [2.75, 3.05) is 0 Å². The molecule has 2 aromatic carbocycles. The van der Waals surface area contributed by atoms with Crippen molar-refractivity contribution in [3.8, 4) is 11.3 Å². The summed E-state index contributed by atoms with van der Waals surface area (Å²) in [5.41, 5.74) is 5.17. The van der Waals surface area contributed by atoms with E-state index in [1.54, 1.807) is 0 Å². The van der Waals surface area contributed by atoms with Gasteiger partial charge >= 0.3 is 0 Å². The molecule has 0 N–H and O–H groups in total. The van der Waals surface area contributed by atoms with Crippen LogP contribution in [0.2, 0.25) is 0 Å². The minimum atomic E-state index is -2.50. The van der Waals surface area contributed by atoms with Gasteiger partial charge in [-0.05, 0) is 72.4 Å². The van der Waals surface area contributed by atoms with Gasteiger partial charge in [-0.15, -0.1) is 0 Å². The Morgan fingerprint density at radius 1 is 1.00 bits per heavy atom. The standard InChI is InChI=1S/C27H27F2NO/c1-16(2)21-14-22-12-17(3)31-26(22)24(15-21)25-23-5-4-19(13-20(23)8-11-30-25)18-6-9-27(28,29)10-7-18/h4-5,8,11-16,18H,6-7,9-10H2,1-3H3. The highest BCUT2D eigenvalue weighted by molar-refractivity contribution is 6.02. The molecule has 4 heteroatoms. The largest absolute Gasteiger partial charge is 0.461 e. The fourth-order valence-corrected chi connectivity index (χ4v) is 4.85. The normalized spacial score (nSPS) is 17.1. The van der Waals surface area contributed by atoms with E-state index in [1.165, 1.54) is 5.56 Å². The number of alkyl halides is 2. The van der Waals surface area contributed by atoms with E-state index >= 15 is 0 Å². The van der Waals surface area contributed by atoms with Gasteiger partial charge in [0, 0.05) is 35.4 Å². The number of benzene rings is 2. The highest BCUT2D eigenvalue weighted by atomic mass is 19.3. The second-order valence-corrected chi connectivity index (χ2v) is 9.27. The van der Waals surface area contributed by atoms with Gasteiger partial charge in [0.25, 0.3) is 0 Å². The van der Waals surface area contributed by atoms with Crippen LogP contribution >= 0.6 is 0 Å². The summed E-state index contributed by atoms with van der Waals surface area (Å²) in [5, 5.41) is 3.24. The molecule has 1 aliphatic carbocycles. The van der Waals surface area contributed by atoms with Crippen LogP contribution in [0.4, 0.5) is 8.78 Å². The molecule has 4 aromatic rings. The van der Waals surface area contributed by atoms with Crippen molar-refractivity contribution in [1.29, 1.82) is 0 Å². The molecule has 1 aliphatic rings. The summed E-state index contributed by atoms with van der Waals surface area (Å²) in [6.45, 7) is 6.35. The SMILES string of the molecule is Cc1cc2cc(C(C)C)cc(-c3nccc4cc(C5CCC(F)(F)CC5)ccc34)c2o1. The van der Waals surface area contributed by atoms with Gasteiger partial charge in [0.2, 0.25) is 5.92 Å². The number of hydrogen-bond acceptors (Lipinski definition) is 2. The van der Waals surface area contributed by atoms with Crippen LogP contribution in [0.3, 0.4) is 0 Å². The molecule has 2 aromatic heterocycles. The number of pyridine rings is 1. The van der Waals surface area contributed by atoms with Gasteiger partial charge in [0.1, 0.15) is 11.3 Å². The van der Waals surface area contributed by atoms with E-state index in [9.17, 15) is 8.78 Å². The second kappa shape index (κ2) is 7.44. The lowest BCUT2D eigenvalue weighted by Crippen LogP contribution is -2.23. The van der Waals surface area contributed by atoms with Gasteiger partial charge in [0.15, 0.2) is 0 Å². The Morgan fingerprint density at radius 3 is 2.52 bits per heavy atom. The molecule has 5 rings (SSSR count). The topological polar surface area (TPSA) is 26.0 Å². The van der Waals surface area contributed by atoms with Gasteiger partial charge in [-0.2, -0.15) is 0 Å². The van der Waals surface area contributed by atoms with Crippen molar-refractivity contribution < 1.29 is 13.2 Å². The summed E-state index contributed by atoms with van der Waals surface area (Å²) in [5.74, 6) is -1.03. The Hall–Kier alpha value is -2.75. The zero-order chi connectivity index (χ0) is 21.8. The van der Waals surface area contributed by atoms with Crippen LogP contribution in [0.25, 0.3) is 33.0 Å². The van der Waals surface area contributed by atoms with Gasteiger partial charge in [-0.25, -0.2) is 8.78 Å². The Morgan fingerprint density at radius 2 is 1.77 bits per heavy atom. The summed E-state index contributed by atoms with van der Waals surface area (Å²) in [4.78, 5) is 4.74. The molecule has 0 atom stereocenters. The molecule has 2 heterocycles. The van der Waals surface area contributed by atoms with E-state index < -0.39 is 5.92 Å². The van der Waals surface area contributed by atoms with Crippen LogP contribution in [0.1, 0.15) is 68.3 Å². The van der Waals surface area contributed by atoms with Gasteiger partial charge in [0.05, 0.1) is 5.69 Å². The number of aromatic nitrogens is 1. The minimum Gasteiger partial charge on any atom is -0.461 e. The van der Waals surface area contributed by atoms with Crippen LogP contribution in [0.15, 0.2) is 53.1 Å². The summed E-state index contributed by atoms with van der Waals surface area (Å²) < 4.78 is 33.2. The number of aryl methyl sites for hydroxylation is 1. The Balaban J connectivity index is 1.62. The molecule has 160 valence electrons. The average molecular weight is 420 g/mol. The first-order valence-electron chi connectivity index (χ1n) is 11.1. The lowest BCUT2D eigenvalue weighted by molar-refractivity contribution is -0.0382. The molecule has 0 radical (unpaired) electrons. The maximum Gasteiger partial charge on any atom is 0.248 e. The fourth-order valence-electron chi connectivity index (χ4n) is 4.85. The van der Waals surface area contributed by atoms with Crippen LogP contribution in [0, 0.1) is 6.92 Å². The molecule has 0 bridgehead atoms. The van der Waals surface area contributed by atoms with Gasteiger partial charge < -0.3 is 4.42 Å². The average Bonchev–Trinajstić information content (AvgIpc) is 3.12. The third-order valence-corrected chi connectivity index (χ3v) is 6.66. The zero-order valence-electron chi connectivity index (χ0n) is 18.2. The zero-order valence-corrected chi connectivity index (χ0v) is 18.2. The molecule has 0 amide bonds. The van der Waals surface area contributed by atoms with Gasteiger partial charge in [-0.3, -0.25) is 4.98 Å². The van der Waals surface area contributed by atoms with E-state index in [0.717, 1.165) is 44.3 Å². The molecule has 0 spiro atoms. The molecule has 0 aliphatic heterocycles. The lowest BCUT2D eigenvalue weighted by Gasteiger charge is -2.28. The molecule has 1 fully saturated rings. The third kappa shape index (κ3) is 3.73. The predicted octanol–water partition coefficient (Wildman–Crippen LogP) is 8.37. The monoisotopic (exact) mass is 419 g/mol. The molecule has 31 heavy (non-hydrogen) atoms. The highest BCUT2D eigenvalue weighted by Gasteiger charge is 2.35. The first kappa shape index (κ1) is 20.2. The quantitative estimate of drug-likeness (QED) is 0.333. The van der Waals surface area contributed by atoms with E-state index in [2.05, 4.69) is 50.2 Å². The van der Waals surface area contributed by atoms with Crippen LogP contribution in [0.5, 0.6) is 0 Å². The lowest BCUT2D eigenvalue weighted by atomic mass is 9.81. The molecule has 0 unspecified atom stereocenters. The van der Waals surface area contributed by atoms with E-state index in [4.69, 9.17) is 9.40 Å². The molecular weight excluding hydrogens is 392 g/mol. The van der Waals surface area contributed by atoms with E-state index in [-0.39, 0.29) is 18.8 Å². The van der Waals surface area contributed by atoms with E-state index in [1.807, 2.05) is 19.2 Å². The van der Waals surface area contributed by atoms with Crippen LogP contribution < -0.4 is 0 Å². The van der Waals surface area contributed by atoms with Crippen molar-refractivity contribution in [2.24, 2.45) is 0 Å². The summed E-state index contributed by atoms with van der Waals surface area (Å²) in [7, 11) is 0. The smallest absolute Gasteiger partial charge is 0.248 e. The maximum atomic E-state index is 13.6. The number of rotatable bonds is 3. The van der Waals surface area contributed by atoms with Crippen molar-refractivity contribution >= 4 is 21.7 Å². The number of furan rings is 1. The van der Waals surface area contributed by atoms with Gasteiger partial charge in [-0.1, -0.05) is 32.0 Å². The minimum absolute atomic E-state index is 0.0187. The Labute approximate surface area is 181 Å². The van der Waals surface area contributed by atoms with Crippen LogP contribution in [-0.2, 0) is 0 Å². The van der Waals surface area contributed by atoms with Crippen molar-refractivity contribution in [2.45, 2.75) is 64.2 Å². The second-order valence-electron chi connectivity index (χ2n) is 9.27. The maximum absolute atomic E-state index is 13.6. The number of fused-ring (bicyclic) bond motifs is 2. The first-order valence-corrected chi connectivity index (χ1v) is 11.1. The summed E-state index contributed by atoms with van der Waals surface area (Å²) >= 11 is 0. The predicted molar refractivity (Wildman–Crippen MR) is 122 cm³/mol. The number of nitrogens with zero attached hydrogens (tertiary/aromatic N) is 1. The van der Waals surface area contributed by atoms with Crippen molar-refractivity contribution in [1.82, 2.24) is 4.98 Å². The summed E-state index contributed by atoms with van der Waals surface area (Å²) in [6.07, 6.45) is 2.88. The van der Waals surface area contributed by atoms with Crippen LogP contribution in [-0.4, -0.2) is 10.9 Å². The van der Waals surface area contributed by atoms with Crippen molar-refractivity contribution in [3.05, 3.63) is 65.5 Å². The Kier molecular flexibility index (Phi) is 4.84. The fraction of sp³-hybridized carbons (Fsp3) is 0.370. The molecule has 1 saturated carbocycles. The molecule has 0 saturated heterocycles. The highest BCUT2D eigenvalue weighted by Crippen LogP contribution is 2.42. The van der Waals surface area contributed by atoms with Crippen molar-refractivity contribution in [3.63, 3.8) is 0 Å². The molecular formula is C27H27F2NO. The third-order valence-electron chi connectivity index (χ3n) is 6.66. The molecule has 2 nitrogen and oxygen atoms in total. The number of hydrogen-bond donors (Lipinski definition) is 0. The number of halogens is 2. The summed E-state index contributed by atoms with van der Waals surface area (Å²) in [6, 6.07) is 14.8.